The van der Waals surface area contributed by atoms with Crippen molar-refractivity contribution in [3.8, 4) is 0 Å². The van der Waals surface area contributed by atoms with Gasteiger partial charge in [-0.2, -0.15) is 0 Å². The summed E-state index contributed by atoms with van der Waals surface area (Å²) in [6.45, 7) is 5.32. The molecule has 2 heteroatoms. The third-order valence-electron chi connectivity index (χ3n) is 2.19. The highest BCUT2D eigenvalue weighted by Crippen LogP contribution is 2.04. The fourth-order valence-corrected chi connectivity index (χ4v) is 1.79. The van der Waals surface area contributed by atoms with Crippen molar-refractivity contribution in [2.45, 2.75) is 19.9 Å². The summed E-state index contributed by atoms with van der Waals surface area (Å²) in [6.07, 6.45) is 1.18. The van der Waals surface area contributed by atoms with E-state index in [0.717, 1.165) is 19.6 Å². The van der Waals surface area contributed by atoms with Crippen LogP contribution < -0.4 is 0 Å². The van der Waals surface area contributed by atoms with Gasteiger partial charge < -0.3 is 0 Å². The van der Waals surface area contributed by atoms with Gasteiger partial charge in [0.15, 0.2) is 0 Å². The molecule has 0 N–H and O–H groups in total. The summed E-state index contributed by atoms with van der Waals surface area (Å²) in [4.78, 5) is 2.39. The summed E-state index contributed by atoms with van der Waals surface area (Å²) >= 11 is 5.76. The summed E-state index contributed by atoms with van der Waals surface area (Å²) in [6, 6.07) is 10.5. The van der Waals surface area contributed by atoms with Gasteiger partial charge in [-0.1, -0.05) is 37.3 Å². The van der Waals surface area contributed by atoms with Gasteiger partial charge in [-0.25, -0.2) is 0 Å². The van der Waals surface area contributed by atoms with Gasteiger partial charge in [0.25, 0.3) is 0 Å². The van der Waals surface area contributed by atoms with E-state index in [-0.39, 0.29) is 0 Å². The first-order valence-corrected chi connectivity index (χ1v) is 5.72. The number of nitrogens with zero attached hydrogens (tertiary/aromatic N) is 1. The second-order valence-corrected chi connectivity index (χ2v) is 3.83. The summed E-state index contributed by atoms with van der Waals surface area (Å²) < 4.78 is 0. The molecule has 0 amide bonds. The van der Waals surface area contributed by atoms with Crippen LogP contribution in [0.2, 0.25) is 0 Å². The molecule has 0 aliphatic carbocycles. The second-order valence-electron chi connectivity index (χ2n) is 3.45. The van der Waals surface area contributed by atoms with Crippen LogP contribution in [-0.4, -0.2) is 23.9 Å². The molecule has 0 radical (unpaired) electrons. The van der Waals surface area contributed by atoms with Gasteiger partial charge in [-0.15, -0.1) is 11.6 Å². The number of hydrogen-bond acceptors (Lipinski definition) is 1. The van der Waals surface area contributed by atoms with E-state index in [1.807, 2.05) is 0 Å². The molecule has 78 valence electrons. The first-order valence-electron chi connectivity index (χ1n) is 5.19. The highest BCUT2D eigenvalue weighted by Gasteiger charge is 2.02. The molecular weight excluding hydrogens is 194 g/mol. The maximum Gasteiger partial charge on any atom is 0.0351 e. The molecule has 1 nitrogen and oxygen atoms in total. The predicted octanol–water partition coefficient (Wildman–Crippen LogP) is 3.14. The van der Waals surface area contributed by atoms with Crippen molar-refractivity contribution < 1.29 is 0 Å². The van der Waals surface area contributed by atoms with Crippen LogP contribution in [0.4, 0.5) is 0 Å². The lowest BCUT2D eigenvalue weighted by molar-refractivity contribution is 0.282. The first kappa shape index (κ1) is 11.5. The standard InChI is InChI=1S/C12H18ClN/c1-2-9-14(10-8-13)11-12-6-4-3-5-7-12/h3-7H,2,8-11H2,1H3. The van der Waals surface area contributed by atoms with Gasteiger partial charge in [-0.3, -0.25) is 4.90 Å². The Morgan fingerprint density at radius 2 is 1.86 bits per heavy atom. The number of rotatable bonds is 6. The van der Waals surface area contributed by atoms with Crippen molar-refractivity contribution >= 4 is 11.6 Å². The van der Waals surface area contributed by atoms with Crippen LogP contribution >= 0.6 is 11.6 Å². The molecule has 1 rings (SSSR count). The zero-order chi connectivity index (χ0) is 10.2. The second kappa shape index (κ2) is 6.86. The minimum Gasteiger partial charge on any atom is -0.298 e. The van der Waals surface area contributed by atoms with E-state index >= 15 is 0 Å². The van der Waals surface area contributed by atoms with Crippen molar-refractivity contribution in [3.05, 3.63) is 35.9 Å². The van der Waals surface area contributed by atoms with Crippen LogP contribution in [0.3, 0.4) is 0 Å². The van der Waals surface area contributed by atoms with Gasteiger partial charge >= 0.3 is 0 Å². The highest BCUT2D eigenvalue weighted by molar-refractivity contribution is 6.18. The molecule has 0 spiro atoms. The number of alkyl halides is 1. The first-order chi connectivity index (χ1) is 6.86. The Balaban J connectivity index is 2.46. The van der Waals surface area contributed by atoms with Crippen LogP contribution in [0.1, 0.15) is 18.9 Å². The zero-order valence-corrected chi connectivity index (χ0v) is 9.50. The quantitative estimate of drug-likeness (QED) is 0.654. The largest absolute Gasteiger partial charge is 0.298 e. The predicted molar refractivity (Wildman–Crippen MR) is 62.7 cm³/mol. The summed E-state index contributed by atoms with van der Waals surface area (Å²) in [7, 11) is 0. The average Bonchev–Trinajstić information content (AvgIpc) is 2.20. The zero-order valence-electron chi connectivity index (χ0n) is 8.75. The molecule has 0 heterocycles. The van der Waals surface area contributed by atoms with Crippen molar-refractivity contribution in [3.63, 3.8) is 0 Å². The molecule has 1 aromatic rings. The Bertz CT molecular complexity index is 229. The van der Waals surface area contributed by atoms with E-state index < -0.39 is 0 Å². The fraction of sp³-hybridized carbons (Fsp3) is 0.500. The molecule has 0 bridgehead atoms. The summed E-state index contributed by atoms with van der Waals surface area (Å²) in [5.74, 6) is 0.715. The molecule has 0 saturated carbocycles. The van der Waals surface area contributed by atoms with E-state index in [4.69, 9.17) is 11.6 Å². The number of benzene rings is 1. The third kappa shape index (κ3) is 4.12. The van der Waals surface area contributed by atoms with Crippen molar-refractivity contribution in [1.29, 1.82) is 0 Å². The van der Waals surface area contributed by atoms with Gasteiger partial charge in [0.2, 0.25) is 0 Å². The molecule has 0 atom stereocenters. The minimum absolute atomic E-state index is 0.715. The van der Waals surface area contributed by atoms with Gasteiger partial charge in [0.1, 0.15) is 0 Å². The smallest absolute Gasteiger partial charge is 0.0351 e. The van der Waals surface area contributed by atoms with E-state index in [2.05, 4.69) is 42.2 Å². The normalized spacial score (nSPS) is 10.8. The maximum absolute atomic E-state index is 5.76. The Labute approximate surface area is 91.7 Å². The molecule has 0 unspecified atom stereocenters. The molecule has 0 aliphatic rings. The van der Waals surface area contributed by atoms with E-state index in [9.17, 15) is 0 Å². The molecule has 1 aromatic carbocycles. The van der Waals surface area contributed by atoms with Crippen molar-refractivity contribution in [2.75, 3.05) is 19.0 Å². The Hall–Kier alpha value is -0.530. The lowest BCUT2D eigenvalue weighted by atomic mass is 10.2. The summed E-state index contributed by atoms with van der Waals surface area (Å²) in [5.41, 5.74) is 1.37. The van der Waals surface area contributed by atoms with Crippen LogP contribution in [0, 0.1) is 0 Å². The van der Waals surface area contributed by atoms with Gasteiger partial charge in [0, 0.05) is 19.0 Å². The van der Waals surface area contributed by atoms with Crippen LogP contribution in [0.15, 0.2) is 30.3 Å². The summed E-state index contributed by atoms with van der Waals surface area (Å²) in [5, 5.41) is 0. The average molecular weight is 212 g/mol. The minimum atomic E-state index is 0.715. The molecule has 14 heavy (non-hydrogen) atoms. The van der Waals surface area contributed by atoms with Crippen molar-refractivity contribution in [2.24, 2.45) is 0 Å². The molecular formula is C12H18ClN. The van der Waals surface area contributed by atoms with E-state index in [0.29, 0.717) is 5.88 Å². The number of hydrogen-bond donors (Lipinski definition) is 0. The maximum atomic E-state index is 5.76. The molecule has 0 saturated heterocycles. The lowest BCUT2D eigenvalue weighted by Crippen LogP contribution is -2.26. The monoisotopic (exact) mass is 211 g/mol. The van der Waals surface area contributed by atoms with E-state index in [1.54, 1.807) is 0 Å². The van der Waals surface area contributed by atoms with Crippen LogP contribution in [0.25, 0.3) is 0 Å². The molecule has 0 fully saturated rings. The topological polar surface area (TPSA) is 3.24 Å². The lowest BCUT2D eigenvalue weighted by Gasteiger charge is -2.20. The van der Waals surface area contributed by atoms with Crippen molar-refractivity contribution in [1.82, 2.24) is 4.90 Å². The Kier molecular flexibility index (Phi) is 5.65. The van der Waals surface area contributed by atoms with Gasteiger partial charge in [0.05, 0.1) is 0 Å². The highest BCUT2D eigenvalue weighted by atomic mass is 35.5. The van der Waals surface area contributed by atoms with Crippen LogP contribution in [0.5, 0.6) is 0 Å². The third-order valence-corrected chi connectivity index (χ3v) is 2.36. The Morgan fingerprint density at radius 3 is 2.43 bits per heavy atom. The van der Waals surface area contributed by atoms with E-state index in [1.165, 1.54) is 12.0 Å². The van der Waals surface area contributed by atoms with Gasteiger partial charge in [-0.05, 0) is 18.5 Å². The SMILES string of the molecule is CCCN(CCCl)Cc1ccccc1. The molecule has 0 aromatic heterocycles. The Morgan fingerprint density at radius 1 is 1.14 bits per heavy atom. The van der Waals surface area contributed by atoms with Crippen LogP contribution in [-0.2, 0) is 6.54 Å². The molecule has 0 aliphatic heterocycles. The fourth-order valence-electron chi connectivity index (χ4n) is 1.55. The number of halogens is 1.